The maximum absolute atomic E-state index is 13.5. The number of para-hydroxylation sites is 1. The third-order valence-corrected chi connectivity index (χ3v) is 14.4. The number of nitrogens with zero attached hydrogens (tertiary/aromatic N) is 8. The molecule has 5 fully saturated rings. The predicted molar refractivity (Wildman–Crippen MR) is 253 cm³/mol. The summed E-state index contributed by atoms with van der Waals surface area (Å²) in [6.45, 7) is 6.25. The van der Waals surface area contributed by atoms with Gasteiger partial charge >= 0.3 is 0 Å². The molecule has 6 aliphatic rings. The second-order valence-corrected chi connectivity index (χ2v) is 18.6. The van der Waals surface area contributed by atoms with Crippen LogP contribution in [0.25, 0.3) is 11.3 Å². The van der Waals surface area contributed by atoms with Crippen molar-refractivity contribution in [2.75, 3.05) is 81.0 Å². The van der Waals surface area contributed by atoms with E-state index in [0.717, 1.165) is 67.6 Å². The van der Waals surface area contributed by atoms with Crippen LogP contribution in [0.5, 0.6) is 17.2 Å². The van der Waals surface area contributed by atoms with Crippen LogP contribution in [0.2, 0.25) is 0 Å². The zero-order chi connectivity index (χ0) is 47.8. The van der Waals surface area contributed by atoms with E-state index in [2.05, 4.69) is 42.3 Å². The number of nitrogen functional groups attached to an aromatic ring is 1. The van der Waals surface area contributed by atoms with E-state index >= 15 is 0 Å². The number of likely N-dealkylation sites (tertiary alicyclic amines) is 1. The van der Waals surface area contributed by atoms with Gasteiger partial charge in [0, 0.05) is 120 Å². The van der Waals surface area contributed by atoms with Gasteiger partial charge in [0.25, 0.3) is 11.8 Å². The van der Waals surface area contributed by atoms with Gasteiger partial charge in [0.2, 0.25) is 23.6 Å². The number of ether oxygens (including phenoxy) is 2. The summed E-state index contributed by atoms with van der Waals surface area (Å²) < 4.78 is 12.5. The van der Waals surface area contributed by atoms with Crippen LogP contribution < -0.4 is 30.3 Å². The van der Waals surface area contributed by atoms with E-state index in [0.29, 0.717) is 62.7 Å². The first kappa shape index (κ1) is 45.5. The summed E-state index contributed by atoms with van der Waals surface area (Å²) in [4.78, 5) is 88.9. The number of phenols is 1. The number of rotatable bonds is 13. The molecule has 0 aliphatic carbocycles. The fourth-order valence-electron chi connectivity index (χ4n) is 10.7. The van der Waals surface area contributed by atoms with Crippen molar-refractivity contribution in [3.8, 4) is 28.5 Å². The lowest BCUT2D eigenvalue weighted by molar-refractivity contribution is -0.139. The Morgan fingerprint density at radius 2 is 1.45 bits per heavy atom. The number of fused-ring (bicyclic) bond motifs is 3. The molecule has 19 nitrogen and oxygen atoms in total. The number of hydrogen-bond acceptors (Lipinski definition) is 15. The predicted octanol–water partition coefficient (Wildman–Crippen LogP) is 3.06. The number of nitrogens with two attached hydrogens (primary N) is 1. The van der Waals surface area contributed by atoms with Crippen LogP contribution in [0, 0.1) is 0 Å². The Hall–Kier alpha value is -7.28. The van der Waals surface area contributed by atoms with Crippen LogP contribution in [0.1, 0.15) is 72.1 Å². The minimum Gasteiger partial charge on any atom is -0.507 e. The number of carbonyl (C=O) groups is 6. The number of anilines is 3. The van der Waals surface area contributed by atoms with Crippen LogP contribution >= 0.6 is 0 Å². The topological polar surface area (TPSA) is 224 Å². The molecule has 3 aromatic carbocycles. The van der Waals surface area contributed by atoms with Crippen molar-refractivity contribution in [1.82, 2.24) is 35.1 Å². The lowest BCUT2D eigenvalue weighted by atomic mass is 10.0. The van der Waals surface area contributed by atoms with Crippen LogP contribution in [0.4, 0.5) is 17.2 Å². The second kappa shape index (κ2) is 19.4. The van der Waals surface area contributed by atoms with E-state index in [1.54, 1.807) is 29.2 Å². The number of carbonyl (C=O) groups excluding carboxylic acids is 6. The summed E-state index contributed by atoms with van der Waals surface area (Å²) in [6, 6.07) is 21.6. The van der Waals surface area contributed by atoms with Crippen LogP contribution in [-0.2, 0) is 19.2 Å². The largest absolute Gasteiger partial charge is 0.507 e. The Bertz CT molecular complexity index is 2650. The van der Waals surface area contributed by atoms with Crippen molar-refractivity contribution in [2.45, 2.75) is 75.6 Å². The number of amides is 6. The lowest BCUT2D eigenvalue weighted by Gasteiger charge is -2.43. The monoisotopic (exact) mass is 940 g/mol. The van der Waals surface area contributed by atoms with Crippen molar-refractivity contribution in [1.29, 1.82) is 0 Å². The minimum absolute atomic E-state index is 0.0318. The SMILES string of the molecule is Nc1nnc(-c2ccccc2O)cc1N1CC2CCC(C1)N2c1cccc(OCCN2CCN(C(=O)CCC(=O)N3CCC(Oc4cccc5c4C(=O)N(C4CCC(=O)NC4=O)C5=O)CC3)CC2)c1. The molecule has 360 valence electrons. The van der Waals surface area contributed by atoms with Crippen molar-refractivity contribution in [2.24, 2.45) is 0 Å². The number of phenolic OH excluding ortho intramolecular Hbond substituents is 1. The average molecular weight is 941 g/mol. The van der Waals surface area contributed by atoms with E-state index in [4.69, 9.17) is 15.2 Å². The highest BCUT2D eigenvalue weighted by molar-refractivity contribution is 6.24. The number of hydrogen-bond donors (Lipinski definition) is 3. The molecule has 0 radical (unpaired) electrons. The van der Waals surface area contributed by atoms with Crippen molar-refractivity contribution < 1.29 is 43.3 Å². The molecule has 3 unspecified atom stereocenters. The molecule has 1 aromatic heterocycles. The molecule has 5 saturated heterocycles. The molecule has 4 N–H and O–H groups in total. The first-order valence-corrected chi connectivity index (χ1v) is 24.0. The zero-order valence-corrected chi connectivity index (χ0v) is 38.3. The van der Waals surface area contributed by atoms with Crippen LogP contribution in [-0.4, -0.2) is 160 Å². The summed E-state index contributed by atoms with van der Waals surface area (Å²) >= 11 is 0. The Morgan fingerprint density at radius 1 is 0.754 bits per heavy atom. The molecular weight excluding hydrogens is 885 g/mol. The highest BCUT2D eigenvalue weighted by Crippen LogP contribution is 2.40. The lowest BCUT2D eigenvalue weighted by Crippen LogP contribution is -2.54. The van der Waals surface area contributed by atoms with Crippen molar-refractivity contribution >= 4 is 52.6 Å². The first-order valence-electron chi connectivity index (χ1n) is 24.0. The molecule has 0 spiro atoms. The first-order chi connectivity index (χ1) is 33.5. The minimum atomic E-state index is -1.07. The van der Waals surface area contributed by atoms with Gasteiger partial charge < -0.3 is 39.9 Å². The van der Waals surface area contributed by atoms with Gasteiger partial charge in [-0.2, -0.15) is 0 Å². The van der Waals surface area contributed by atoms with Gasteiger partial charge in [0.15, 0.2) is 5.82 Å². The van der Waals surface area contributed by atoms with Crippen LogP contribution in [0.15, 0.2) is 72.8 Å². The Kier molecular flexibility index (Phi) is 12.8. The number of benzene rings is 3. The van der Waals surface area contributed by atoms with Gasteiger partial charge in [-0.15, -0.1) is 10.2 Å². The summed E-state index contributed by atoms with van der Waals surface area (Å²) in [5, 5.41) is 21.2. The number of imide groups is 2. The fraction of sp³-hybridized carbons (Fsp3) is 0.440. The van der Waals surface area contributed by atoms with Crippen LogP contribution in [0.3, 0.4) is 0 Å². The Balaban J connectivity index is 0.638. The van der Waals surface area contributed by atoms with E-state index in [9.17, 15) is 33.9 Å². The third-order valence-electron chi connectivity index (χ3n) is 14.4. The van der Waals surface area contributed by atoms with Gasteiger partial charge in [0.05, 0.1) is 22.5 Å². The molecule has 2 bridgehead atoms. The fourth-order valence-corrected chi connectivity index (χ4v) is 10.7. The molecule has 10 rings (SSSR count). The van der Waals surface area contributed by atoms with Gasteiger partial charge in [-0.1, -0.05) is 24.3 Å². The van der Waals surface area contributed by atoms with E-state index in [1.807, 2.05) is 35.2 Å². The Labute approximate surface area is 399 Å². The van der Waals surface area contributed by atoms with Crippen molar-refractivity contribution in [3.63, 3.8) is 0 Å². The smallest absolute Gasteiger partial charge is 0.266 e. The van der Waals surface area contributed by atoms with E-state index < -0.39 is 29.7 Å². The standard InChI is InChI=1S/C50H56N10O9/c51-47-40(28-38(53-54-47)36-7-1-2-9-41(36)61)58-29-32-11-12-33(30-58)59(32)31-5-3-6-35(27-31)68-26-25-55-21-23-57(24-22-55)45(64)16-15-44(63)56-19-17-34(18-20-56)69-42-10-4-8-37-46(42)50(67)60(49(37)66)39-13-14-43(62)52-48(39)65/h1-10,27-28,32-34,39,61H,11-26,29-30H2,(H2,51,54)(H,52,62,65). The Morgan fingerprint density at radius 3 is 2.17 bits per heavy atom. The molecule has 4 aromatic rings. The summed E-state index contributed by atoms with van der Waals surface area (Å²) in [6.07, 6.45) is 3.17. The normalized spacial score (nSPS) is 22.0. The van der Waals surface area contributed by atoms with Crippen molar-refractivity contribution in [3.05, 3.63) is 83.9 Å². The number of piperidine rings is 2. The highest BCUT2D eigenvalue weighted by Gasteiger charge is 2.46. The number of piperazine rings is 2. The molecule has 6 aliphatic heterocycles. The number of aromatic hydroxyl groups is 1. The average Bonchev–Trinajstić information content (AvgIpc) is 3.78. The molecule has 69 heavy (non-hydrogen) atoms. The maximum Gasteiger partial charge on any atom is 0.266 e. The molecule has 0 saturated carbocycles. The molecule has 6 amide bonds. The quantitative estimate of drug-likeness (QED) is 0.164. The van der Waals surface area contributed by atoms with Gasteiger partial charge in [-0.05, 0) is 61.7 Å². The zero-order valence-electron chi connectivity index (χ0n) is 38.3. The molecule has 19 heteroatoms. The van der Waals surface area contributed by atoms with E-state index in [-0.39, 0.29) is 78.3 Å². The summed E-state index contributed by atoms with van der Waals surface area (Å²) in [5.74, 6) is -0.890. The highest BCUT2D eigenvalue weighted by atomic mass is 16.5. The summed E-state index contributed by atoms with van der Waals surface area (Å²) in [5.41, 5.74) is 9.77. The van der Waals surface area contributed by atoms with Gasteiger partial charge in [-0.3, -0.25) is 43.9 Å². The molecule has 7 heterocycles. The summed E-state index contributed by atoms with van der Waals surface area (Å²) in [7, 11) is 0. The maximum atomic E-state index is 13.5. The molecular formula is C50H56N10O9. The third kappa shape index (κ3) is 9.34. The molecule has 3 atom stereocenters. The second-order valence-electron chi connectivity index (χ2n) is 18.6. The number of aromatic nitrogens is 2. The van der Waals surface area contributed by atoms with Gasteiger partial charge in [-0.25, -0.2) is 0 Å². The van der Waals surface area contributed by atoms with Gasteiger partial charge in [0.1, 0.15) is 36.0 Å². The number of nitrogens with one attached hydrogen (secondary N) is 1. The van der Waals surface area contributed by atoms with E-state index in [1.165, 1.54) is 6.07 Å².